The molecule has 5 nitrogen and oxygen atoms in total. The largest absolute Gasteiger partial charge is 0.352 e. The molecule has 0 radical (unpaired) electrons. The molecule has 0 fully saturated rings. The lowest BCUT2D eigenvalue weighted by Crippen LogP contribution is -2.64. The van der Waals surface area contributed by atoms with E-state index in [1.54, 1.807) is 9.36 Å². The molecule has 29 heavy (non-hydrogen) atoms. The predicted octanol–water partition coefficient (Wildman–Crippen LogP) is 4.10. The molecule has 0 N–H and O–H groups in total. The van der Waals surface area contributed by atoms with Crippen molar-refractivity contribution in [2.45, 2.75) is 53.6 Å². The molecule has 0 amide bonds. The zero-order valence-electron chi connectivity index (χ0n) is 18.0. The highest BCUT2D eigenvalue weighted by molar-refractivity contribution is 5.45. The number of aromatic nitrogens is 3. The van der Waals surface area contributed by atoms with Gasteiger partial charge in [-0.25, -0.2) is 23.5 Å². The van der Waals surface area contributed by atoms with Gasteiger partial charge in [-0.3, -0.25) is 0 Å². The van der Waals surface area contributed by atoms with E-state index in [-0.39, 0.29) is 45.6 Å². The Morgan fingerprint density at radius 2 is 1.48 bits per heavy atom. The fourth-order valence-electron chi connectivity index (χ4n) is 5.93. The monoisotopic (exact) mass is 391 g/mol. The van der Waals surface area contributed by atoms with Crippen molar-refractivity contribution in [1.82, 2.24) is 13.9 Å². The Hall–Kier alpha value is -2.56. The van der Waals surface area contributed by atoms with Gasteiger partial charge in [-0.05, 0) is 23.0 Å². The number of para-hydroxylation sites is 1. The van der Waals surface area contributed by atoms with Crippen LogP contribution < -0.4 is 11.4 Å². The molecule has 6 rings (SSSR count). The van der Waals surface area contributed by atoms with Crippen molar-refractivity contribution in [3.05, 3.63) is 75.1 Å². The number of hydrogen-bond acceptors (Lipinski definition) is 2. The van der Waals surface area contributed by atoms with Crippen LogP contribution in [0.3, 0.4) is 0 Å². The van der Waals surface area contributed by atoms with Crippen molar-refractivity contribution in [3.8, 4) is 5.69 Å². The van der Waals surface area contributed by atoms with Gasteiger partial charge in [0.05, 0.1) is 17.8 Å². The first-order valence-electron chi connectivity index (χ1n) is 10.4. The fourth-order valence-corrected chi connectivity index (χ4v) is 5.93. The zero-order chi connectivity index (χ0) is 20.9. The molecule has 4 atom stereocenters. The van der Waals surface area contributed by atoms with Crippen LogP contribution in [0.5, 0.6) is 0 Å². The Morgan fingerprint density at radius 1 is 0.862 bits per heavy atom. The summed E-state index contributed by atoms with van der Waals surface area (Å²) in [6.07, 6.45) is 6.71. The first-order valence-corrected chi connectivity index (χ1v) is 10.4. The summed E-state index contributed by atoms with van der Waals surface area (Å²) in [6.45, 7) is 13.5. The molecule has 3 heterocycles. The summed E-state index contributed by atoms with van der Waals surface area (Å²) in [5.74, 6) is 0.223. The smallest absolute Gasteiger partial charge is 0.245 e. The number of nitrogens with zero attached hydrogens (tertiary/aromatic N) is 3. The predicted molar refractivity (Wildman–Crippen MR) is 114 cm³/mol. The molecule has 4 aliphatic rings. The Labute approximate surface area is 171 Å². The topological polar surface area (TPSA) is 48.9 Å². The number of hydrogen-bond donors (Lipinski definition) is 0. The minimum Gasteiger partial charge on any atom is -0.245 e. The van der Waals surface area contributed by atoms with Crippen LogP contribution >= 0.6 is 0 Å². The lowest BCUT2D eigenvalue weighted by Gasteiger charge is -2.66. The third kappa shape index (κ3) is 2.06. The molecular formula is C24H29N3O2. The van der Waals surface area contributed by atoms with Gasteiger partial charge >= 0.3 is 11.4 Å². The molecule has 0 unspecified atom stereocenters. The lowest BCUT2D eigenvalue weighted by molar-refractivity contribution is -0.0653. The third-order valence-electron chi connectivity index (χ3n) is 7.30. The van der Waals surface area contributed by atoms with Gasteiger partial charge in [-0.15, -0.1) is 0 Å². The lowest BCUT2D eigenvalue weighted by atomic mass is 9.41. The van der Waals surface area contributed by atoms with Crippen molar-refractivity contribution >= 4 is 0 Å². The maximum Gasteiger partial charge on any atom is 0.352 e. The van der Waals surface area contributed by atoms with Crippen LogP contribution in [0, 0.1) is 22.2 Å². The van der Waals surface area contributed by atoms with Crippen LogP contribution in [0.4, 0.5) is 0 Å². The maximum atomic E-state index is 13.5. The summed E-state index contributed by atoms with van der Waals surface area (Å²) < 4.78 is 4.76. The first-order chi connectivity index (χ1) is 13.5. The minimum absolute atomic E-state index is 0.0292. The fraction of sp³-hybridized carbons (Fsp3) is 0.500. The Kier molecular flexibility index (Phi) is 3.39. The zero-order valence-corrected chi connectivity index (χ0v) is 18.0. The average Bonchev–Trinajstić information content (AvgIpc) is 2.86. The molecule has 2 aliphatic carbocycles. The van der Waals surface area contributed by atoms with Crippen molar-refractivity contribution in [2.75, 3.05) is 0 Å². The summed E-state index contributed by atoms with van der Waals surface area (Å²) in [5.41, 5.74) is 1.33. The molecule has 1 aromatic carbocycles. The molecule has 0 saturated heterocycles. The highest BCUT2D eigenvalue weighted by Gasteiger charge is 2.67. The molecule has 2 aliphatic heterocycles. The molecule has 5 heteroatoms. The molecule has 0 spiro atoms. The normalized spacial score (nSPS) is 29.9. The summed E-state index contributed by atoms with van der Waals surface area (Å²) in [6, 6.07) is 8.94. The van der Waals surface area contributed by atoms with Gasteiger partial charge < -0.3 is 0 Å². The van der Waals surface area contributed by atoms with E-state index in [1.165, 1.54) is 10.1 Å². The minimum atomic E-state index is -0.250. The van der Waals surface area contributed by atoms with E-state index in [1.807, 2.05) is 30.3 Å². The number of allylic oxidation sites excluding steroid dienone is 4. The van der Waals surface area contributed by atoms with E-state index in [0.29, 0.717) is 5.69 Å². The standard InChI is InChI=1S/C24H29N3O2/c1-22(2,3)16-14-24(23(4,5)6)18-13-12-17(19(16)24)26-20(28)25(21(29)27(18)26)15-10-8-7-9-11-15/h7-14,17-19H,1-6H3/t17-,18-,19-,24+/m1/s1. The number of benzene rings is 1. The van der Waals surface area contributed by atoms with Crippen molar-refractivity contribution in [1.29, 1.82) is 0 Å². The Balaban J connectivity index is 1.81. The van der Waals surface area contributed by atoms with E-state index in [9.17, 15) is 9.59 Å². The van der Waals surface area contributed by atoms with Gasteiger partial charge in [0, 0.05) is 11.3 Å². The van der Waals surface area contributed by atoms with Crippen molar-refractivity contribution in [3.63, 3.8) is 0 Å². The van der Waals surface area contributed by atoms with Gasteiger partial charge in [-0.2, -0.15) is 0 Å². The van der Waals surface area contributed by atoms with E-state index in [0.717, 1.165) is 0 Å². The van der Waals surface area contributed by atoms with Crippen molar-refractivity contribution in [2.24, 2.45) is 22.2 Å². The Morgan fingerprint density at radius 3 is 2.07 bits per heavy atom. The first kappa shape index (κ1) is 18.5. The second kappa shape index (κ2) is 5.32. The molecular weight excluding hydrogens is 362 g/mol. The van der Waals surface area contributed by atoms with Crippen LogP contribution in [-0.4, -0.2) is 13.9 Å². The molecule has 0 saturated carbocycles. The van der Waals surface area contributed by atoms with E-state index in [2.05, 4.69) is 59.8 Å². The molecule has 1 aromatic heterocycles. The van der Waals surface area contributed by atoms with Crippen LogP contribution in [0.1, 0.15) is 53.6 Å². The number of rotatable bonds is 1. The van der Waals surface area contributed by atoms with E-state index < -0.39 is 0 Å². The SMILES string of the molecule is CC(C)(C)C1=C[C@@]2(C(C)(C)C)[C@H]1[C@H]1C=C[C@H]2n2c(=O)n(-c3ccccc3)c(=O)n21. The van der Waals surface area contributed by atoms with Crippen LogP contribution in [0.2, 0.25) is 0 Å². The van der Waals surface area contributed by atoms with Crippen LogP contribution in [0.15, 0.2) is 63.7 Å². The molecule has 2 aromatic rings. The maximum absolute atomic E-state index is 13.5. The summed E-state index contributed by atoms with van der Waals surface area (Å²) in [7, 11) is 0. The second-order valence-corrected chi connectivity index (χ2v) is 10.8. The molecule has 2 bridgehead atoms. The van der Waals surface area contributed by atoms with Gasteiger partial charge in [0.15, 0.2) is 0 Å². The third-order valence-corrected chi connectivity index (χ3v) is 7.30. The van der Waals surface area contributed by atoms with Crippen LogP contribution in [0.25, 0.3) is 5.69 Å². The quantitative estimate of drug-likeness (QED) is 0.687. The van der Waals surface area contributed by atoms with Gasteiger partial charge in [-0.1, -0.05) is 83.5 Å². The van der Waals surface area contributed by atoms with Gasteiger partial charge in [0.2, 0.25) is 0 Å². The van der Waals surface area contributed by atoms with Crippen LogP contribution in [-0.2, 0) is 0 Å². The summed E-state index contributed by atoms with van der Waals surface area (Å²) in [4.78, 5) is 27.0. The summed E-state index contributed by atoms with van der Waals surface area (Å²) >= 11 is 0. The van der Waals surface area contributed by atoms with Gasteiger partial charge in [0.25, 0.3) is 0 Å². The van der Waals surface area contributed by atoms with Gasteiger partial charge in [0.1, 0.15) is 0 Å². The summed E-state index contributed by atoms with van der Waals surface area (Å²) in [5, 5.41) is 0. The van der Waals surface area contributed by atoms with E-state index >= 15 is 0 Å². The average molecular weight is 392 g/mol. The highest BCUT2D eigenvalue weighted by Crippen LogP contribution is 2.71. The second-order valence-electron chi connectivity index (χ2n) is 10.8. The Bertz CT molecular complexity index is 1180. The van der Waals surface area contributed by atoms with E-state index in [4.69, 9.17) is 0 Å². The highest BCUT2D eigenvalue weighted by atomic mass is 16.2. The van der Waals surface area contributed by atoms with Crippen molar-refractivity contribution < 1.29 is 0 Å². The molecule has 152 valence electrons.